The summed E-state index contributed by atoms with van der Waals surface area (Å²) in [7, 11) is -4.01. The van der Waals surface area contributed by atoms with Crippen LogP contribution in [0.4, 0.5) is 0 Å². The average Bonchev–Trinajstić information content (AvgIpc) is 3.11. The molecule has 3 aromatic rings. The van der Waals surface area contributed by atoms with Gasteiger partial charge in [-0.15, -0.1) is 0 Å². The van der Waals surface area contributed by atoms with Crippen molar-refractivity contribution in [1.29, 1.82) is 0 Å². The van der Waals surface area contributed by atoms with E-state index in [1.807, 2.05) is 6.92 Å². The molecule has 0 spiro atoms. The van der Waals surface area contributed by atoms with E-state index >= 15 is 0 Å². The quantitative estimate of drug-likeness (QED) is 0.318. The fraction of sp³-hybridized carbons (Fsp3) is 0.238. The molecule has 0 unspecified atom stereocenters. The van der Waals surface area contributed by atoms with E-state index in [-0.39, 0.29) is 30.3 Å². The van der Waals surface area contributed by atoms with Crippen LogP contribution in [0.5, 0.6) is 5.75 Å². The Morgan fingerprint density at radius 3 is 2.57 bits per heavy atom. The molecule has 0 aliphatic carbocycles. The van der Waals surface area contributed by atoms with E-state index < -0.39 is 16.1 Å². The Kier molecular flexibility index (Phi) is 6.41. The third-order valence-corrected chi connectivity index (χ3v) is 5.59. The van der Waals surface area contributed by atoms with Crippen molar-refractivity contribution in [3.05, 3.63) is 59.8 Å². The zero-order valence-corrected chi connectivity index (χ0v) is 17.4. The standard InChI is InChI=1S/C21H22N2O6S/c1-3-28-20(25)13-23(14-24)12-17-11-16-5-4-6-19(21(16)22-17)29-30(26,27)18-9-7-15(2)8-10-18/h4-11,14,22H,3,12-13H2,1-2H3. The van der Waals surface area contributed by atoms with Gasteiger partial charge in [0.15, 0.2) is 5.75 Å². The van der Waals surface area contributed by atoms with Crippen molar-refractivity contribution in [2.75, 3.05) is 13.2 Å². The number of aromatic amines is 1. The van der Waals surface area contributed by atoms with E-state index in [0.29, 0.717) is 23.0 Å². The van der Waals surface area contributed by atoms with Gasteiger partial charge < -0.3 is 18.8 Å². The molecule has 1 aromatic heterocycles. The minimum Gasteiger partial charge on any atom is -0.465 e. The van der Waals surface area contributed by atoms with Crippen LogP contribution in [0, 0.1) is 6.92 Å². The van der Waals surface area contributed by atoms with E-state index in [2.05, 4.69) is 4.98 Å². The van der Waals surface area contributed by atoms with E-state index in [4.69, 9.17) is 8.92 Å². The Bertz CT molecular complexity index is 1150. The fourth-order valence-electron chi connectivity index (χ4n) is 2.93. The largest absolute Gasteiger partial charge is 0.465 e. The molecule has 1 N–H and O–H groups in total. The summed E-state index contributed by atoms with van der Waals surface area (Å²) in [4.78, 5) is 27.3. The first-order valence-corrected chi connectivity index (χ1v) is 10.7. The first-order valence-electron chi connectivity index (χ1n) is 9.29. The smallest absolute Gasteiger partial charge is 0.339 e. The van der Waals surface area contributed by atoms with Crippen LogP contribution in [0.3, 0.4) is 0 Å². The molecule has 0 saturated carbocycles. The van der Waals surface area contributed by atoms with Crippen LogP contribution in [-0.4, -0.2) is 43.8 Å². The lowest BCUT2D eigenvalue weighted by Crippen LogP contribution is -2.29. The first-order chi connectivity index (χ1) is 14.3. The fourth-order valence-corrected chi connectivity index (χ4v) is 3.87. The molecule has 30 heavy (non-hydrogen) atoms. The molecule has 0 bridgehead atoms. The van der Waals surface area contributed by atoms with E-state index in [1.165, 1.54) is 17.0 Å². The molecule has 1 heterocycles. The van der Waals surface area contributed by atoms with Gasteiger partial charge in [-0.2, -0.15) is 8.42 Å². The predicted octanol–water partition coefficient (Wildman–Crippen LogP) is 2.77. The number of fused-ring (bicyclic) bond motifs is 1. The molecular weight excluding hydrogens is 408 g/mol. The molecule has 2 aromatic carbocycles. The molecule has 0 radical (unpaired) electrons. The van der Waals surface area contributed by atoms with Crippen LogP contribution in [0.15, 0.2) is 53.4 Å². The summed E-state index contributed by atoms with van der Waals surface area (Å²) in [5.41, 5.74) is 2.03. The molecule has 0 fully saturated rings. The van der Waals surface area contributed by atoms with Gasteiger partial charge in [0, 0.05) is 11.1 Å². The lowest BCUT2D eigenvalue weighted by Gasteiger charge is -2.15. The van der Waals surface area contributed by atoms with Crippen molar-refractivity contribution >= 4 is 33.4 Å². The molecule has 0 saturated heterocycles. The van der Waals surface area contributed by atoms with Crippen LogP contribution in [-0.2, 0) is 31.0 Å². The number of hydrogen-bond acceptors (Lipinski definition) is 6. The van der Waals surface area contributed by atoms with Crippen molar-refractivity contribution in [2.24, 2.45) is 0 Å². The van der Waals surface area contributed by atoms with Crippen molar-refractivity contribution in [3.8, 4) is 5.75 Å². The summed E-state index contributed by atoms with van der Waals surface area (Å²) in [5.74, 6) is -0.365. The second kappa shape index (κ2) is 9.00. The number of carbonyl (C=O) groups excluding carboxylic acids is 2. The zero-order chi connectivity index (χ0) is 21.7. The Morgan fingerprint density at radius 2 is 1.90 bits per heavy atom. The van der Waals surface area contributed by atoms with Crippen LogP contribution in [0.25, 0.3) is 10.9 Å². The molecule has 0 aliphatic rings. The molecular formula is C21H22N2O6S. The van der Waals surface area contributed by atoms with Gasteiger partial charge in [0.1, 0.15) is 11.4 Å². The first kappa shape index (κ1) is 21.4. The second-order valence-corrected chi connectivity index (χ2v) is 8.23. The highest BCUT2D eigenvalue weighted by molar-refractivity contribution is 7.87. The maximum Gasteiger partial charge on any atom is 0.339 e. The monoisotopic (exact) mass is 430 g/mol. The Morgan fingerprint density at radius 1 is 1.17 bits per heavy atom. The van der Waals surface area contributed by atoms with Crippen LogP contribution >= 0.6 is 0 Å². The maximum absolute atomic E-state index is 12.6. The van der Waals surface area contributed by atoms with Gasteiger partial charge in [-0.05, 0) is 38.1 Å². The molecule has 0 aliphatic heterocycles. The van der Waals surface area contributed by atoms with E-state index in [1.54, 1.807) is 43.3 Å². The highest BCUT2D eigenvalue weighted by Gasteiger charge is 2.19. The van der Waals surface area contributed by atoms with Gasteiger partial charge in [0.25, 0.3) is 0 Å². The van der Waals surface area contributed by atoms with E-state index in [0.717, 1.165) is 5.56 Å². The Hall–Kier alpha value is -3.33. The van der Waals surface area contributed by atoms with Gasteiger partial charge in [0.05, 0.1) is 18.7 Å². The predicted molar refractivity (Wildman–Crippen MR) is 110 cm³/mol. The molecule has 158 valence electrons. The average molecular weight is 430 g/mol. The van der Waals surface area contributed by atoms with Gasteiger partial charge in [0.2, 0.25) is 6.41 Å². The summed E-state index contributed by atoms with van der Waals surface area (Å²) in [5, 5.41) is 0.712. The number of rotatable bonds is 9. The lowest BCUT2D eigenvalue weighted by molar-refractivity contribution is -0.146. The van der Waals surface area contributed by atoms with Crippen molar-refractivity contribution in [1.82, 2.24) is 9.88 Å². The third-order valence-electron chi connectivity index (χ3n) is 4.34. The lowest BCUT2D eigenvalue weighted by atomic mass is 10.2. The minimum atomic E-state index is -4.01. The summed E-state index contributed by atoms with van der Waals surface area (Å²) in [6.45, 7) is 3.73. The SMILES string of the molecule is CCOC(=O)CN(C=O)Cc1cc2cccc(OS(=O)(=O)c3ccc(C)cc3)c2[nH]1. The number of nitrogens with one attached hydrogen (secondary N) is 1. The topological polar surface area (TPSA) is 106 Å². The number of aryl methyl sites for hydroxylation is 1. The normalized spacial score (nSPS) is 11.3. The highest BCUT2D eigenvalue weighted by atomic mass is 32.2. The van der Waals surface area contributed by atoms with Gasteiger partial charge in [-0.1, -0.05) is 29.8 Å². The number of carbonyl (C=O) groups is 2. The number of para-hydroxylation sites is 1. The van der Waals surface area contributed by atoms with Crippen molar-refractivity contribution in [2.45, 2.75) is 25.3 Å². The molecule has 8 nitrogen and oxygen atoms in total. The summed E-state index contributed by atoms with van der Waals surface area (Å²) < 4.78 is 35.5. The van der Waals surface area contributed by atoms with Gasteiger partial charge >= 0.3 is 16.1 Å². The number of esters is 1. The number of amides is 1. The number of benzene rings is 2. The van der Waals surface area contributed by atoms with Crippen molar-refractivity contribution in [3.63, 3.8) is 0 Å². The number of H-pyrrole nitrogens is 1. The zero-order valence-electron chi connectivity index (χ0n) is 16.6. The molecule has 3 rings (SSSR count). The Labute approximate surface area is 174 Å². The molecule has 0 atom stereocenters. The molecule has 1 amide bonds. The maximum atomic E-state index is 12.6. The van der Waals surface area contributed by atoms with Crippen LogP contribution in [0.1, 0.15) is 18.2 Å². The number of nitrogens with zero attached hydrogens (tertiary/aromatic N) is 1. The van der Waals surface area contributed by atoms with Crippen LogP contribution < -0.4 is 4.18 Å². The minimum absolute atomic E-state index is 0.0541. The van der Waals surface area contributed by atoms with Gasteiger partial charge in [-0.3, -0.25) is 9.59 Å². The van der Waals surface area contributed by atoms with Crippen LogP contribution in [0.2, 0.25) is 0 Å². The number of hydrogen-bond donors (Lipinski definition) is 1. The highest BCUT2D eigenvalue weighted by Crippen LogP contribution is 2.29. The summed E-state index contributed by atoms with van der Waals surface area (Å²) in [6, 6.07) is 13.1. The van der Waals surface area contributed by atoms with Crippen molar-refractivity contribution < 1.29 is 26.9 Å². The van der Waals surface area contributed by atoms with E-state index in [9.17, 15) is 18.0 Å². The second-order valence-electron chi connectivity index (χ2n) is 6.68. The molecule has 9 heteroatoms. The Balaban J connectivity index is 1.84. The summed E-state index contributed by atoms with van der Waals surface area (Å²) >= 11 is 0. The summed E-state index contributed by atoms with van der Waals surface area (Å²) in [6.07, 6.45) is 0.557. The number of ether oxygens (including phenoxy) is 1. The van der Waals surface area contributed by atoms with Gasteiger partial charge in [-0.25, -0.2) is 0 Å². The third kappa shape index (κ3) is 4.98. The number of aromatic nitrogens is 1.